The van der Waals surface area contributed by atoms with E-state index in [-0.39, 0.29) is 6.04 Å². The predicted octanol–water partition coefficient (Wildman–Crippen LogP) is 1.54. The molecular weight excluding hydrogens is 180 g/mol. The number of nitrogens with zero attached hydrogens (tertiary/aromatic N) is 1. The average molecular weight is 196 g/mol. The molecule has 0 spiro atoms. The predicted molar refractivity (Wildman–Crippen MR) is 55.7 cm³/mol. The molecule has 4 nitrogen and oxygen atoms in total. The van der Waals surface area contributed by atoms with E-state index in [1.54, 1.807) is 20.4 Å². The minimum atomic E-state index is 0.251. The van der Waals surface area contributed by atoms with Gasteiger partial charge in [-0.05, 0) is 19.1 Å². The van der Waals surface area contributed by atoms with Crippen molar-refractivity contribution in [1.29, 1.82) is 0 Å². The summed E-state index contributed by atoms with van der Waals surface area (Å²) < 4.78 is 10.0. The summed E-state index contributed by atoms with van der Waals surface area (Å²) in [6.45, 7) is 2.70. The van der Waals surface area contributed by atoms with Crippen LogP contribution in [0.4, 0.5) is 5.82 Å². The molecule has 0 fully saturated rings. The molecule has 0 bridgehead atoms. The molecule has 1 rings (SSSR count). The van der Waals surface area contributed by atoms with E-state index >= 15 is 0 Å². The van der Waals surface area contributed by atoms with Crippen molar-refractivity contribution in [3.63, 3.8) is 0 Å². The molecule has 1 unspecified atom stereocenters. The van der Waals surface area contributed by atoms with Crippen LogP contribution in [0.2, 0.25) is 0 Å². The smallest absolute Gasteiger partial charge is 0.137 e. The first-order chi connectivity index (χ1) is 6.76. The van der Waals surface area contributed by atoms with Crippen molar-refractivity contribution in [1.82, 2.24) is 4.98 Å². The summed E-state index contributed by atoms with van der Waals surface area (Å²) >= 11 is 0. The van der Waals surface area contributed by atoms with E-state index in [4.69, 9.17) is 9.47 Å². The number of methoxy groups -OCH3 is 2. The highest BCUT2D eigenvalue weighted by atomic mass is 16.5. The van der Waals surface area contributed by atoms with Crippen LogP contribution in [-0.4, -0.2) is 31.9 Å². The second-order valence-corrected chi connectivity index (χ2v) is 3.08. The number of rotatable bonds is 5. The second-order valence-electron chi connectivity index (χ2n) is 3.08. The summed E-state index contributed by atoms with van der Waals surface area (Å²) in [5, 5.41) is 3.20. The van der Waals surface area contributed by atoms with Crippen molar-refractivity contribution in [3.05, 3.63) is 18.3 Å². The zero-order valence-electron chi connectivity index (χ0n) is 8.78. The Morgan fingerprint density at radius 1 is 1.43 bits per heavy atom. The Morgan fingerprint density at radius 2 is 2.21 bits per heavy atom. The monoisotopic (exact) mass is 196 g/mol. The molecule has 0 aromatic carbocycles. The third-order valence-corrected chi connectivity index (χ3v) is 1.78. The zero-order valence-corrected chi connectivity index (χ0v) is 8.78. The Morgan fingerprint density at radius 3 is 2.71 bits per heavy atom. The number of aromatic nitrogens is 1. The van der Waals surface area contributed by atoms with Crippen LogP contribution < -0.4 is 10.1 Å². The summed E-state index contributed by atoms with van der Waals surface area (Å²) in [5.74, 6) is 1.59. The highest BCUT2D eigenvalue weighted by molar-refractivity contribution is 5.38. The number of ether oxygens (including phenoxy) is 2. The lowest BCUT2D eigenvalue weighted by Gasteiger charge is -2.13. The maximum atomic E-state index is 5.01. The normalized spacial score (nSPS) is 12.2. The topological polar surface area (TPSA) is 43.4 Å². The molecule has 1 atom stereocenters. The molecule has 0 saturated heterocycles. The van der Waals surface area contributed by atoms with Crippen LogP contribution in [0.3, 0.4) is 0 Å². The number of hydrogen-bond donors (Lipinski definition) is 1. The summed E-state index contributed by atoms with van der Waals surface area (Å²) in [6.07, 6.45) is 1.68. The SMILES string of the molecule is COCC(C)Nc1ccc(OC)cn1. The zero-order chi connectivity index (χ0) is 10.4. The van der Waals surface area contributed by atoms with Gasteiger partial charge in [-0.2, -0.15) is 0 Å². The first-order valence-corrected chi connectivity index (χ1v) is 4.51. The summed E-state index contributed by atoms with van der Waals surface area (Å²) in [7, 11) is 3.30. The van der Waals surface area contributed by atoms with E-state index in [1.807, 2.05) is 19.1 Å². The Kier molecular flexibility index (Phi) is 4.19. The molecule has 1 N–H and O–H groups in total. The van der Waals surface area contributed by atoms with Gasteiger partial charge in [-0.25, -0.2) is 4.98 Å². The number of nitrogens with one attached hydrogen (secondary N) is 1. The highest BCUT2D eigenvalue weighted by Crippen LogP contribution is 2.11. The van der Waals surface area contributed by atoms with Gasteiger partial charge < -0.3 is 14.8 Å². The lowest BCUT2D eigenvalue weighted by atomic mass is 10.3. The van der Waals surface area contributed by atoms with E-state index < -0.39 is 0 Å². The molecule has 0 amide bonds. The van der Waals surface area contributed by atoms with E-state index in [0.29, 0.717) is 6.61 Å². The Balaban J connectivity index is 2.50. The van der Waals surface area contributed by atoms with E-state index in [1.165, 1.54) is 0 Å². The lowest BCUT2D eigenvalue weighted by molar-refractivity contribution is 0.190. The van der Waals surface area contributed by atoms with Crippen LogP contribution in [0.5, 0.6) is 5.75 Å². The van der Waals surface area contributed by atoms with Crippen molar-refractivity contribution in [2.24, 2.45) is 0 Å². The van der Waals surface area contributed by atoms with Crippen LogP contribution in [0.15, 0.2) is 18.3 Å². The maximum absolute atomic E-state index is 5.01. The molecule has 0 radical (unpaired) electrons. The molecule has 1 heterocycles. The largest absolute Gasteiger partial charge is 0.495 e. The summed E-state index contributed by atoms with van der Waals surface area (Å²) in [6, 6.07) is 4.00. The van der Waals surface area contributed by atoms with Gasteiger partial charge in [0.25, 0.3) is 0 Å². The first-order valence-electron chi connectivity index (χ1n) is 4.51. The summed E-state index contributed by atoms with van der Waals surface area (Å²) in [4.78, 5) is 4.18. The lowest BCUT2D eigenvalue weighted by Crippen LogP contribution is -2.21. The Bertz CT molecular complexity index is 261. The quantitative estimate of drug-likeness (QED) is 0.775. The number of pyridine rings is 1. The molecule has 14 heavy (non-hydrogen) atoms. The van der Waals surface area contributed by atoms with Crippen molar-refractivity contribution in [3.8, 4) is 5.75 Å². The Labute approximate surface area is 84.3 Å². The van der Waals surface area contributed by atoms with Crippen LogP contribution in [0.25, 0.3) is 0 Å². The first kappa shape index (κ1) is 10.8. The van der Waals surface area contributed by atoms with Crippen LogP contribution in [0, 0.1) is 0 Å². The van der Waals surface area contributed by atoms with E-state index in [2.05, 4.69) is 10.3 Å². The molecule has 0 saturated carbocycles. The highest BCUT2D eigenvalue weighted by Gasteiger charge is 2.01. The fourth-order valence-corrected chi connectivity index (χ4v) is 1.13. The fourth-order valence-electron chi connectivity index (χ4n) is 1.13. The molecule has 78 valence electrons. The van der Waals surface area contributed by atoms with Crippen molar-refractivity contribution in [2.45, 2.75) is 13.0 Å². The third-order valence-electron chi connectivity index (χ3n) is 1.78. The van der Waals surface area contributed by atoms with Gasteiger partial charge in [0, 0.05) is 13.2 Å². The van der Waals surface area contributed by atoms with Gasteiger partial charge in [0.15, 0.2) is 0 Å². The van der Waals surface area contributed by atoms with Gasteiger partial charge in [-0.15, -0.1) is 0 Å². The standard InChI is InChI=1S/C10H16N2O2/c1-8(7-13-2)12-10-5-4-9(14-3)6-11-10/h4-6,8H,7H2,1-3H3,(H,11,12). The van der Waals surface area contributed by atoms with Crippen molar-refractivity contribution < 1.29 is 9.47 Å². The van der Waals surface area contributed by atoms with E-state index in [0.717, 1.165) is 11.6 Å². The van der Waals surface area contributed by atoms with Crippen molar-refractivity contribution in [2.75, 3.05) is 26.1 Å². The molecule has 0 aliphatic rings. The van der Waals surface area contributed by atoms with Gasteiger partial charge in [0.2, 0.25) is 0 Å². The van der Waals surface area contributed by atoms with Gasteiger partial charge >= 0.3 is 0 Å². The Hall–Kier alpha value is -1.29. The minimum absolute atomic E-state index is 0.251. The van der Waals surface area contributed by atoms with Gasteiger partial charge in [0.05, 0.1) is 19.9 Å². The number of anilines is 1. The maximum Gasteiger partial charge on any atom is 0.137 e. The van der Waals surface area contributed by atoms with Crippen LogP contribution in [-0.2, 0) is 4.74 Å². The van der Waals surface area contributed by atoms with Crippen LogP contribution >= 0.6 is 0 Å². The molecular formula is C10H16N2O2. The van der Waals surface area contributed by atoms with Crippen molar-refractivity contribution >= 4 is 5.82 Å². The number of hydrogen-bond acceptors (Lipinski definition) is 4. The minimum Gasteiger partial charge on any atom is -0.495 e. The molecule has 1 aromatic rings. The van der Waals surface area contributed by atoms with E-state index in [9.17, 15) is 0 Å². The molecule has 1 aromatic heterocycles. The third kappa shape index (κ3) is 3.22. The van der Waals surface area contributed by atoms with Gasteiger partial charge in [0.1, 0.15) is 11.6 Å². The second kappa shape index (κ2) is 5.44. The summed E-state index contributed by atoms with van der Waals surface area (Å²) in [5.41, 5.74) is 0. The molecule has 4 heteroatoms. The fraction of sp³-hybridized carbons (Fsp3) is 0.500. The van der Waals surface area contributed by atoms with Gasteiger partial charge in [-0.1, -0.05) is 0 Å². The average Bonchev–Trinajstić information content (AvgIpc) is 2.19. The van der Waals surface area contributed by atoms with Crippen LogP contribution in [0.1, 0.15) is 6.92 Å². The molecule has 0 aliphatic heterocycles. The molecule has 0 aliphatic carbocycles. The van der Waals surface area contributed by atoms with Gasteiger partial charge in [-0.3, -0.25) is 0 Å².